The molecule has 0 aliphatic rings. The van der Waals surface area contributed by atoms with Gasteiger partial charge in [-0.3, -0.25) is 9.78 Å². The van der Waals surface area contributed by atoms with Gasteiger partial charge in [0, 0.05) is 56.3 Å². The monoisotopic (exact) mass is 956 g/mol. The third-order valence-electron chi connectivity index (χ3n) is 10.8. The minimum absolute atomic E-state index is 0. The van der Waals surface area contributed by atoms with Crippen molar-refractivity contribution in [1.82, 2.24) is 9.97 Å². The van der Waals surface area contributed by atoms with Crippen LogP contribution in [0.5, 0.6) is 0 Å². The molecule has 2 heterocycles. The number of ketones is 1. The van der Waals surface area contributed by atoms with Gasteiger partial charge in [-0.25, -0.2) is 4.98 Å². The van der Waals surface area contributed by atoms with Gasteiger partial charge in [-0.2, -0.15) is 13.2 Å². The summed E-state index contributed by atoms with van der Waals surface area (Å²) >= 11 is 0. The number of benzene rings is 4. The molecule has 2 aromatic heterocycles. The van der Waals surface area contributed by atoms with Crippen molar-refractivity contribution in [3.05, 3.63) is 108 Å². The van der Waals surface area contributed by atoms with Crippen LogP contribution in [0, 0.1) is 23.3 Å². The molecular weight excluding hydrogens is 902 g/mol. The van der Waals surface area contributed by atoms with Crippen molar-refractivity contribution in [3.63, 3.8) is 0 Å². The van der Waals surface area contributed by atoms with E-state index in [-0.39, 0.29) is 61.2 Å². The Morgan fingerprint density at radius 1 is 0.825 bits per heavy atom. The molecule has 1 radical (unpaired) electrons. The number of aliphatic hydroxyl groups excluding tert-OH is 1. The number of fused-ring (bicyclic) bond motifs is 3. The van der Waals surface area contributed by atoms with Crippen LogP contribution >= 0.6 is 0 Å². The SMILES string of the molecule is CC(C)(C)c1cc(-c2nccc3cc(-c4ccc5oc(CC(C)(C)C(F)(F)F)nc5c4)ccc23)[c-]c2ccccc12.CCC(CC)C(=O)/C=C(\O)C(CC)CC.[Ir]. The summed E-state index contributed by atoms with van der Waals surface area (Å²) in [6, 6.07) is 27.8. The molecule has 0 aliphatic heterocycles. The predicted molar refractivity (Wildman–Crippen MR) is 223 cm³/mol. The van der Waals surface area contributed by atoms with Gasteiger partial charge in [0.15, 0.2) is 17.3 Å². The maximum Gasteiger partial charge on any atom is 0.394 e. The number of nitrogens with zero attached hydrogens (tertiary/aromatic N) is 2. The van der Waals surface area contributed by atoms with E-state index in [0.29, 0.717) is 11.1 Å². The van der Waals surface area contributed by atoms with Gasteiger partial charge in [-0.15, -0.1) is 29.1 Å². The molecule has 305 valence electrons. The number of halogens is 3. The van der Waals surface area contributed by atoms with Crippen LogP contribution in [0.4, 0.5) is 13.2 Å². The van der Waals surface area contributed by atoms with Crippen molar-refractivity contribution in [1.29, 1.82) is 0 Å². The van der Waals surface area contributed by atoms with Crippen LogP contribution in [0.3, 0.4) is 0 Å². The number of aliphatic hydroxyl groups is 1. The van der Waals surface area contributed by atoms with Crippen LogP contribution in [0.25, 0.3) is 55.0 Å². The van der Waals surface area contributed by atoms with Crippen LogP contribution in [-0.4, -0.2) is 27.0 Å². The Bertz CT molecular complexity index is 2350. The molecule has 9 heteroatoms. The molecule has 5 nitrogen and oxygen atoms in total. The molecular formula is C48H54F3IrN2O3-. The first-order valence-electron chi connectivity index (χ1n) is 19.7. The van der Waals surface area contributed by atoms with Crippen LogP contribution in [-0.2, 0) is 36.7 Å². The van der Waals surface area contributed by atoms with Crippen LogP contribution < -0.4 is 0 Å². The average Bonchev–Trinajstić information content (AvgIpc) is 3.55. The van der Waals surface area contributed by atoms with Crippen molar-refractivity contribution >= 4 is 38.4 Å². The van der Waals surface area contributed by atoms with Crippen molar-refractivity contribution in [2.75, 3.05) is 0 Å². The molecule has 0 unspecified atom stereocenters. The van der Waals surface area contributed by atoms with Crippen molar-refractivity contribution < 1.29 is 47.6 Å². The standard InChI is InChI=1S/C35H30F3N2O.C13H24O2.Ir/c1-33(2,3)28-18-25(17-23-8-6-7-9-26(23)28)32-27-12-10-21(16-24(27)14-15-39-32)22-11-13-30-29(19-22)40-31(41-30)20-34(4,5)35(36,37)38;1-5-10(6-2)12(14)9-13(15)11(7-3)8-4;/h6-16,18-19H,20H2,1-5H3;9-11,14H,5-8H2,1-4H3;/q-1;;/b;12-9-;. The van der Waals surface area contributed by atoms with Gasteiger partial charge in [-0.05, 0) is 77.3 Å². The molecule has 0 bridgehead atoms. The Labute approximate surface area is 348 Å². The Hall–Kier alpha value is -4.33. The average molecular weight is 956 g/mol. The fourth-order valence-corrected chi connectivity index (χ4v) is 7.04. The summed E-state index contributed by atoms with van der Waals surface area (Å²) in [5.41, 5.74) is 3.95. The third-order valence-corrected chi connectivity index (χ3v) is 10.8. The molecule has 0 atom stereocenters. The first-order valence-corrected chi connectivity index (χ1v) is 19.7. The summed E-state index contributed by atoms with van der Waals surface area (Å²) < 4.78 is 45.8. The molecule has 0 saturated carbocycles. The van der Waals surface area contributed by atoms with Gasteiger partial charge in [-0.1, -0.05) is 110 Å². The summed E-state index contributed by atoms with van der Waals surface area (Å²) in [4.78, 5) is 20.9. The second-order valence-corrected chi connectivity index (χ2v) is 16.3. The third kappa shape index (κ3) is 10.4. The summed E-state index contributed by atoms with van der Waals surface area (Å²) in [5, 5.41) is 14.1. The fraction of sp³-hybridized carbons (Fsp3) is 0.396. The van der Waals surface area contributed by atoms with Crippen molar-refractivity contribution in [2.24, 2.45) is 17.3 Å². The number of carbonyl (C=O) groups is 1. The number of pyridine rings is 1. The fourth-order valence-electron chi connectivity index (χ4n) is 7.04. The largest absolute Gasteiger partial charge is 0.512 e. The summed E-state index contributed by atoms with van der Waals surface area (Å²) in [6.45, 7) is 17.0. The Balaban J connectivity index is 0.000000385. The number of hydrogen-bond acceptors (Lipinski definition) is 5. The van der Waals surface area contributed by atoms with Gasteiger partial charge in [0.25, 0.3) is 0 Å². The van der Waals surface area contributed by atoms with E-state index < -0.39 is 11.6 Å². The number of alkyl halides is 3. The van der Waals surface area contributed by atoms with Gasteiger partial charge in [0.05, 0.1) is 11.2 Å². The zero-order chi connectivity index (χ0) is 41.0. The van der Waals surface area contributed by atoms with Crippen LogP contribution in [0.1, 0.15) is 99.5 Å². The van der Waals surface area contributed by atoms with Crippen molar-refractivity contribution in [2.45, 2.75) is 106 Å². The van der Waals surface area contributed by atoms with Gasteiger partial charge in [0.2, 0.25) is 0 Å². The van der Waals surface area contributed by atoms with E-state index in [1.54, 1.807) is 6.07 Å². The van der Waals surface area contributed by atoms with E-state index in [0.717, 1.165) is 78.1 Å². The topological polar surface area (TPSA) is 76.2 Å². The number of aromatic nitrogens is 2. The molecule has 0 fully saturated rings. The molecule has 4 aromatic carbocycles. The molecule has 6 rings (SSSR count). The quantitative estimate of drug-likeness (QED) is 0.0795. The molecule has 0 spiro atoms. The summed E-state index contributed by atoms with van der Waals surface area (Å²) in [7, 11) is 0. The first kappa shape index (κ1) is 45.4. The molecule has 57 heavy (non-hydrogen) atoms. The van der Waals surface area contributed by atoms with Gasteiger partial charge >= 0.3 is 6.18 Å². The minimum atomic E-state index is -4.35. The van der Waals surface area contributed by atoms with E-state index in [1.165, 1.54) is 17.0 Å². The Kier molecular flexibility index (Phi) is 14.7. The summed E-state index contributed by atoms with van der Waals surface area (Å²) in [5.74, 6) is 0.626. The predicted octanol–water partition coefficient (Wildman–Crippen LogP) is 14.0. The zero-order valence-corrected chi connectivity index (χ0v) is 36.8. The smallest absolute Gasteiger partial charge is 0.394 e. The molecule has 6 aromatic rings. The molecule has 0 saturated heterocycles. The Morgan fingerprint density at radius 2 is 1.46 bits per heavy atom. The van der Waals surface area contributed by atoms with E-state index in [2.05, 4.69) is 68.2 Å². The summed E-state index contributed by atoms with van der Waals surface area (Å²) in [6.07, 6.45) is 2.05. The van der Waals surface area contributed by atoms with Crippen LogP contribution in [0.2, 0.25) is 0 Å². The normalized spacial score (nSPS) is 12.6. The van der Waals surface area contributed by atoms with Crippen LogP contribution in [0.15, 0.2) is 95.2 Å². The van der Waals surface area contributed by atoms with Gasteiger partial charge < -0.3 is 9.52 Å². The molecule has 0 amide bonds. The maximum absolute atomic E-state index is 13.4. The molecule has 1 N–H and O–H groups in total. The Morgan fingerprint density at radius 3 is 2.09 bits per heavy atom. The zero-order valence-electron chi connectivity index (χ0n) is 34.4. The van der Waals surface area contributed by atoms with E-state index in [4.69, 9.17) is 9.40 Å². The second kappa shape index (κ2) is 18.5. The van der Waals surface area contributed by atoms with E-state index in [9.17, 15) is 23.1 Å². The number of hydrogen-bond donors (Lipinski definition) is 1. The number of allylic oxidation sites excluding steroid dienone is 2. The number of rotatable bonds is 11. The van der Waals surface area contributed by atoms with E-state index >= 15 is 0 Å². The van der Waals surface area contributed by atoms with Crippen molar-refractivity contribution in [3.8, 4) is 22.4 Å². The van der Waals surface area contributed by atoms with Gasteiger partial charge in [0.1, 0.15) is 5.52 Å². The minimum Gasteiger partial charge on any atom is -0.512 e. The van der Waals surface area contributed by atoms with E-state index in [1.807, 2.05) is 64.2 Å². The second-order valence-electron chi connectivity index (χ2n) is 16.3. The number of oxazole rings is 1. The first-order chi connectivity index (χ1) is 26.4. The number of carbonyl (C=O) groups excluding carboxylic acids is 1. The maximum atomic E-state index is 13.4. The molecule has 0 aliphatic carbocycles.